The first kappa shape index (κ1) is 16.4. The number of sulfonamides is 1. The summed E-state index contributed by atoms with van der Waals surface area (Å²) >= 11 is 0. The molecule has 1 saturated heterocycles. The van der Waals surface area contributed by atoms with Crippen molar-refractivity contribution < 1.29 is 32.2 Å². The predicted octanol–water partition coefficient (Wildman–Crippen LogP) is 0.850. The summed E-state index contributed by atoms with van der Waals surface area (Å²) in [5, 5.41) is 9.08. The van der Waals surface area contributed by atoms with Crippen molar-refractivity contribution in [1.29, 1.82) is 0 Å². The van der Waals surface area contributed by atoms with E-state index in [4.69, 9.17) is 5.11 Å². The number of hydrogen-bond donors (Lipinski definition) is 1. The monoisotopic (exact) mass is 331 g/mol. The SMILES string of the molecule is COC(=O)c1cc(F)cc(S(=O)(=O)N2CCCC2C(=O)O)c1. The van der Waals surface area contributed by atoms with E-state index in [2.05, 4.69) is 4.74 Å². The molecule has 1 atom stereocenters. The molecule has 1 N–H and O–H groups in total. The second kappa shape index (κ2) is 6.01. The zero-order chi connectivity index (χ0) is 16.5. The fraction of sp³-hybridized carbons (Fsp3) is 0.385. The number of methoxy groups -OCH3 is 1. The predicted molar refractivity (Wildman–Crippen MR) is 72.3 cm³/mol. The largest absolute Gasteiger partial charge is 0.480 e. The van der Waals surface area contributed by atoms with Crippen molar-refractivity contribution in [3.63, 3.8) is 0 Å². The average molecular weight is 331 g/mol. The molecule has 1 unspecified atom stereocenters. The highest BCUT2D eigenvalue weighted by atomic mass is 32.2. The maximum absolute atomic E-state index is 13.6. The van der Waals surface area contributed by atoms with Crippen LogP contribution in [0.15, 0.2) is 23.1 Å². The molecule has 2 rings (SSSR count). The van der Waals surface area contributed by atoms with Gasteiger partial charge in [0.15, 0.2) is 0 Å². The summed E-state index contributed by atoms with van der Waals surface area (Å²) in [6.07, 6.45) is 0.586. The van der Waals surface area contributed by atoms with E-state index >= 15 is 0 Å². The fourth-order valence-corrected chi connectivity index (χ4v) is 4.07. The standard InChI is InChI=1S/C13H14FNO6S/c1-21-13(18)8-5-9(14)7-10(6-8)22(19,20)15-4-2-3-11(15)12(16)17/h5-7,11H,2-4H2,1H3,(H,16,17). The van der Waals surface area contributed by atoms with Gasteiger partial charge in [0.25, 0.3) is 0 Å². The van der Waals surface area contributed by atoms with E-state index in [0.29, 0.717) is 6.42 Å². The number of esters is 1. The van der Waals surface area contributed by atoms with Crippen LogP contribution in [0, 0.1) is 5.82 Å². The normalized spacial score (nSPS) is 19.1. The van der Waals surface area contributed by atoms with Crippen LogP contribution in [0.4, 0.5) is 4.39 Å². The van der Waals surface area contributed by atoms with Crippen LogP contribution in [-0.4, -0.2) is 49.5 Å². The Morgan fingerprint density at radius 2 is 2.05 bits per heavy atom. The molecule has 1 aliphatic heterocycles. The second-order valence-corrected chi connectivity index (χ2v) is 6.67. The minimum Gasteiger partial charge on any atom is -0.480 e. The number of carbonyl (C=O) groups excluding carboxylic acids is 1. The molecule has 7 nitrogen and oxygen atoms in total. The van der Waals surface area contributed by atoms with Gasteiger partial charge in [-0.2, -0.15) is 4.31 Å². The van der Waals surface area contributed by atoms with Crippen LogP contribution in [-0.2, 0) is 19.6 Å². The summed E-state index contributed by atoms with van der Waals surface area (Å²) in [5.74, 6) is -3.06. The number of halogens is 1. The lowest BCUT2D eigenvalue weighted by Crippen LogP contribution is -2.40. The number of carboxylic acid groups (broad SMARTS) is 1. The maximum Gasteiger partial charge on any atom is 0.337 e. The van der Waals surface area contributed by atoms with Gasteiger partial charge in [0.1, 0.15) is 11.9 Å². The first-order chi connectivity index (χ1) is 10.3. The van der Waals surface area contributed by atoms with Crippen LogP contribution in [0.5, 0.6) is 0 Å². The zero-order valence-corrected chi connectivity index (χ0v) is 12.5. The number of ether oxygens (including phenoxy) is 1. The number of benzene rings is 1. The minimum absolute atomic E-state index is 0.0311. The maximum atomic E-state index is 13.6. The molecule has 0 radical (unpaired) electrons. The van der Waals surface area contributed by atoms with Gasteiger partial charge in [-0.05, 0) is 31.0 Å². The van der Waals surface area contributed by atoms with Crippen molar-refractivity contribution in [2.75, 3.05) is 13.7 Å². The summed E-state index contributed by atoms with van der Waals surface area (Å²) in [6, 6.07) is 1.39. The highest BCUT2D eigenvalue weighted by Crippen LogP contribution is 2.27. The molecule has 1 heterocycles. The first-order valence-corrected chi connectivity index (χ1v) is 7.85. The van der Waals surface area contributed by atoms with E-state index in [-0.39, 0.29) is 18.5 Å². The lowest BCUT2D eigenvalue weighted by molar-refractivity contribution is -0.140. The van der Waals surface area contributed by atoms with Gasteiger partial charge in [0, 0.05) is 6.54 Å². The minimum atomic E-state index is -4.21. The van der Waals surface area contributed by atoms with Crippen LogP contribution in [0.1, 0.15) is 23.2 Å². The summed E-state index contributed by atoms with van der Waals surface area (Å²) in [4.78, 5) is 22.1. The van der Waals surface area contributed by atoms with Gasteiger partial charge in [0.05, 0.1) is 17.6 Å². The summed E-state index contributed by atoms with van der Waals surface area (Å²) in [5.41, 5.74) is -0.257. The third-order valence-electron chi connectivity index (χ3n) is 3.39. The summed E-state index contributed by atoms with van der Waals surface area (Å²) in [6.45, 7) is 0.0311. The summed E-state index contributed by atoms with van der Waals surface area (Å²) in [7, 11) is -3.13. The van der Waals surface area contributed by atoms with Crippen LogP contribution in [0.25, 0.3) is 0 Å². The average Bonchev–Trinajstić information content (AvgIpc) is 2.96. The number of carbonyl (C=O) groups is 2. The third kappa shape index (κ3) is 2.95. The lowest BCUT2D eigenvalue weighted by atomic mass is 10.2. The van der Waals surface area contributed by atoms with Gasteiger partial charge < -0.3 is 9.84 Å². The highest BCUT2D eigenvalue weighted by Gasteiger charge is 2.39. The Kier molecular flexibility index (Phi) is 4.47. The van der Waals surface area contributed by atoms with Crippen molar-refractivity contribution in [2.45, 2.75) is 23.8 Å². The van der Waals surface area contributed by atoms with Crippen molar-refractivity contribution >= 4 is 22.0 Å². The van der Waals surface area contributed by atoms with Crippen molar-refractivity contribution in [3.05, 3.63) is 29.6 Å². The van der Waals surface area contributed by atoms with E-state index in [1.165, 1.54) is 0 Å². The third-order valence-corrected chi connectivity index (χ3v) is 5.27. The zero-order valence-electron chi connectivity index (χ0n) is 11.7. The van der Waals surface area contributed by atoms with E-state index < -0.39 is 38.7 Å². The van der Waals surface area contributed by atoms with Gasteiger partial charge in [-0.15, -0.1) is 0 Å². The molecular weight excluding hydrogens is 317 g/mol. The Labute approximate surface area is 126 Å². The Bertz CT molecular complexity index is 717. The van der Waals surface area contributed by atoms with Crippen LogP contribution in [0.3, 0.4) is 0 Å². The van der Waals surface area contributed by atoms with E-state index in [0.717, 1.165) is 29.6 Å². The molecule has 0 saturated carbocycles. The molecule has 0 amide bonds. The molecule has 0 bridgehead atoms. The molecule has 22 heavy (non-hydrogen) atoms. The topological polar surface area (TPSA) is 101 Å². The molecule has 1 fully saturated rings. The van der Waals surface area contributed by atoms with E-state index in [1.807, 2.05) is 0 Å². The van der Waals surface area contributed by atoms with Gasteiger partial charge in [-0.3, -0.25) is 4.79 Å². The van der Waals surface area contributed by atoms with E-state index in [9.17, 15) is 22.4 Å². The Balaban J connectivity index is 2.48. The Morgan fingerprint density at radius 3 is 2.64 bits per heavy atom. The van der Waals surface area contributed by atoms with Crippen molar-refractivity contribution in [2.24, 2.45) is 0 Å². The molecule has 120 valence electrons. The van der Waals surface area contributed by atoms with Gasteiger partial charge in [-0.25, -0.2) is 17.6 Å². The summed E-state index contributed by atoms with van der Waals surface area (Å²) < 4.78 is 43.9. The fourth-order valence-electron chi connectivity index (χ4n) is 2.36. The number of rotatable bonds is 4. The number of hydrogen-bond acceptors (Lipinski definition) is 5. The Hall–Kier alpha value is -2.00. The molecular formula is C13H14FNO6S. The molecule has 0 aliphatic carbocycles. The second-order valence-electron chi connectivity index (χ2n) is 4.78. The smallest absolute Gasteiger partial charge is 0.337 e. The molecule has 0 spiro atoms. The number of nitrogens with zero attached hydrogens (tertiary/aromatic N) is 1. The highest BCUT2D eigenvalue weighted by molar-refractivity contribution is 7.89. The number of aliphatic carboxylic acids is 1. The van der Waals surface area contributed by atoms with Gasteiger partial charge >= 0.3 is 11.9 Å². The van der Waals surface area contributed by atoms with Crippen LogP contribution in [0.2, 0.25) is 0 Å². The van der Waals surface area contributed by atoms with Crippen molar-refractivity contribution in [1.82, 2.24) is 4.31 Å². The molecule has 1 aromatic carbocycles. The van der Waals surface area contributed by atoms with Crippen LogP contribution < -0.4 is 0 Å². The van der Waals surface area contributed by atoms with Crippen molar-refractivity contribution in [3.8, 4) is 0 Å². The lowest BCUT2D eigenvalue weighted by Gasteiger charge is -2.21. The first-order valence-electron chi connectivity index (χ1n) is 6.41. The van der Waals surface area contributed by atoms with Crippen LogP contribution >= 0.6 is 0 Å². The molecule has 9 heteroatoms. The quantitative estimate of drug-likeness (QED) is 0.821. The Morgan fingerprint density at radius 1 is 1.36 bits per heavy atom. The molecule has 1 aliphatic rings. The van der Waals surface area contributed by atoms with Gasteiger partial charge in [-0.1, -0.05) is 0 Å². The van der Waals surface area contributed by atoms with E-state index in [1.54, 1.807) is 0 Å². The number of carboxylic acids is 1. The molecule has 1 aromatic rings. The molecule has 0 aromatic heterocycles. The van der Waals surface area contributed by atoms with Gasteiger partial charge in [0.2, 0.25) is 10.0 Å².